The van der Waals surface area contributed by atoms with E-state index < -0.39 is 0 Å². The highest BCUT2D eigenvalue weighted by Gasteiger charge is 2.10. The van der Waals surface area contributed by atoms with Gasteiger partial charge in [-0.25, -0.2) is 0 Å². The third-order valence-corrected chi connectivity index (χ3v) is 4.81. The van der Waals surface area contributed by atoms with E-state index in [1.807, 2.05) is 11.8 Å². The smallest absolute Gasteiger partial charge is 0.0232 e. The summed E-state index contributed by atoms with van der Waals surface area (Å²) in [7, 11) is 0. The van der Waals surface area contributed by atoms with E-state index in [1.165, 1.54) is 35.3 Å². The molecule has 0 amide bonds. The Kier molecular flexibility index (Phi) is 3.90. The van der Waals surface area contributed by atoms with E-state index >= 15 is 0 Å². The number of hydrogen-bond acceptors (Lipinski definition) is 2. The maximum atomic E-state index is 5.61. The van der Waals surface area contributed by atoms with Crippen LogP contribution >= 0.6 is 11.8 Å². The van der Waals surface area contributed by atoms with Crippen molar-refractivity contribution in [2.24, 2.45) is 5.73 Å². The first-order chi connectivity index (χ1) is 9.35. The summed E-state index contributed by atoms with van der Waals surface area (Å²) in [5, 5.41) is 0. The fourth-order valence-electron chi connectivity index (χ4n) is 2.60. The molecule has 0 aromatic heterocycles. The van der Waals surface area contributed by atoms with Gasteiger partial charge < -0.3 is 5.73 Å². The van der Waals surface area contributed by atoms with Crippen LogP contribution in [0.15, 0.2) is 47.4 Å². The van der Waals surface area contributed by atoms with Gasteiger partial charge in [-0.05, 0) is 53.6 Å². The molecule has 2 N–H and O–H groups in total. The molecule has 0 unspecified atom stereocenters. The summed E-state index contributed by atoms with van der Waals surface area (Å²) in [6, 6.07) is 15.6. The van der Waals surface area contributed by atoms with Crippen molar-refractivity contribution >= 4 is 11.8 Å². The van der Waals surface area contributed by atoms with Gasteiger partial charge in [0.05, 0.1) is 0 Å². The van der Waals surface area contributed by atoms with Crippen molar-refractivity contribution in [3.63, 3.8) is 0 Å². The highest BCUT2D eigenvalue weighted by atomic mass is 32.2. The molecule has 0 fully saturated rings. The highest BCUT2D eigenvalue weighted by Crippen LogP contribution is 2.27. The molecule has 19 heavy (non-hydrogen) atoms. The first-order valence-corrected chi connectivity index (χ1v) is 7.86. The van der Waals surface area contributed by atoms with E-state index in [1.54, 1.807) is 11.1 Å². The summed E-state index contributed by atoms with van der Waals surface area (Å²) in [4.78, 5) is 1.32. The number of rotatable bonds is 4. The lowest BCUT2D eigenvalue weighted by molar-refractivity contribution is 0.911. The predicted octanol–water partition coefficient (Wildman–Crippen LogP) is 3.93. The number of hydrogen-bond donors (Lipinski definition) is 1. The average molecular weight is 269 g/mol. The zero-order chi connectivity index (χ0) is 13.1. The van der Waals surface area contributed by atoms with Crippen molar-refractivity contribution in [2.75, 3.05) is 0 Å². The Morgan fingerprint density at radius 3 is 2.42 bits per heavy atom. The van der Waals surface area contributed by atoms with Gasteiger partial charge >= 0.3 is 0 Å². The van der Waals surface area contributed by atoms with Gasteiger partial charge in [0.15, 0.2) is 0 Å². The molecule has 0 radical (unpaired) electrons. The predicted molar refractivity (Wildman–Crippen MR) is 82.4 cm³/mol. The summed E-state index contributed by atoms with van der Waals surface area (Å²) < 4.78 is 0. The molecule has 0 heterocycles. The summed E-state index contributed by atoms with van der Waals surface area (Å²) in [5.74, 6) is 1.05. The Morgan fingerprint density at radius 2 is 1.63 bits per heavy atom. The standard InChI is InChI=1S/C17H19NS/c18-11-13-5-8-17(9-6-13)19-12-14-4-7-15-2-1-3-16(15)10-14/h4-10H,1-3,11-12,18H2. The summed E-state index contributed by atoms with van der Waals surface area (Å²) >= 11 is 1.90. The molecule has 0 spiro atoms. The Morgan fingerprint density at radius 1 is 0.895 bits per heavy atom. The van der Waals surface area contributed by atoms with Crippen LogP contribution in [0.2, 0.25) is 0 Å². The molecule has 0 atom stereocenters. The molecular weight excluding hydrogens is 250 g/mol. The summed E-state index contributed by atoms with van der Waals surface area (Å²) in [6.07, 6.45) is 3.86. The fourth-order valence-corrected chi connectivity index (χ4v) is 3.44. The number of aryl methyl sites for hydroxylation is 2. The minimum Gasteiger partial charge on any atom is -0.326 e. The Balaban J connectivity index is 1.65. The van der Waals surface area contributed by atoms with E-state index in [0.717, 1.165) is 5.75 Å². The summed E-state index contributed by atoms with van der Waals surface area (Å²) in [5.41, 5.74) is 11.4. The number of thioether (sulfide) groups is 1. The van der Waals surface area contributed by atoms with Gasteiger partial charge in [-0.3, -0.25) is 0 Å². The van der Waals surface area contributed by atoms with Gasteiger partial charge in [0.25, 0.3) is 0 Å². The molecule has 1 nitrogen and oxygen atoms in total. The normalized spacial score (nSPS) is 13.5. The molecule has 98 valence electrons. The third kappa shape index (κ3) is 3.02. The Hall–Kier alpha value is -1.25. The lowest BCUT2D eigenvalue weighted by atomic mass is 10.1. The van der Waals surface area contributed by atoms with Crippen molar-refractivity contribution in [3.8, 4) is 0 Å². The molecule has 0 saturated carbocycles. The molecule has 2 aromatic carbocycles. The van der Waals surface area contributed by atoms with Crippen molar-refractivity contribution in [2.45, 2.75) is 36.5 Å². The van der Waals surface area contributed by atoms with Gasteiger partial charge in [0.2, 0.25) is 0 Å². The van der Waals surface area contributed by atoms with Crippen molar-refractivity contribution < 1.29 is 0 Å². The van der Waals surface area contributed by atoms with E-state index in [2.05, 4.69) is 42.5 Å². The van der Waals surface area contributed by atoms with Gasteiger partial charge in [-0.1, -0.05) is 30.3 Å². The maximum Gasteiger partial charge on any atom is 0.0232 e. The first kappa shape index (κ1) is 12.8. The second kappa shape index (κ2) is 5.81. The van der Waals surface area contributed by atoms with Gasteiger partial charge in [-0.2, -0.15) is 0 Å². The van der Waals surface area contributed by atoms with Crippen LogP contribution in [-0.4, -0.2) is 0 Å². The molecule has 1 aliphatic carbocycles. The molecule has 2 heteroatoms. The van der Waals surface area contributed by atoms with E-state index in [0.29, 0.717) is 6.54 Å². The van der Waals surface area contributed by atoms with E-state index in [4.69, 9.17) is 5.73 Å². The van der Waals surface area contributed by atoms with Crippen LogP contribution in [-0.2, 0) is 25.1 Å². The highest BCUT2D eigenvalue weighted by molar-refractivity contribution is 7.98. The van der Waals surface area contributed by atoms with Crippen LogP contribution in [0.3, 0.4) is 0 Å². The number of fused-ring (bicyclic) bond motifs is 1. The Bertz CT molecular complexity index is 560. The minimum absolute atomic E-state index is 0.621. The zero-order valence-electron chi connectivity index (χ0n) is 11.1. The monoisotopic (exact) mass is 269 g/mol. The molecule has 0 saturated heterocycles. The first-order valence-electron chi connectivity index (χ1n) is 6.87. The Labute approximate surface area is 119 Å². The molecule has 0 aliphatic heterocycles. The van der Waals surface area contributed by atoms with Gasteiger partial charge in [-0.15, -0.1) is 11.8 Å². The largest absolute Gasteiger partial charge is 0.326 e. The van der Waals surface area contributed by atoms with Crippen LogP contribution in [0.1, 0.15) is 28.7 Å². The van der Waals surface area contributed by atoms with Crippen LogP contribution in [0.25, 0.3) is 0 Å². The van der Waals surface area contributed by atoms with Crippen molar-refractivity contribution in [1.82, 2.24) is 0 Å². The van der Waals surface area contributed by atoms with Crippen LogP contribution in [0.5, 0.6) is 0 Å². The lowest BCUT2D eigenvalue weighted by Crippen LogP contribution is -1.95. The zero-order valence-corrected chi connectivity index (χ0v) is 11.9. The van der Waals surface area contributed by atoms with Crippen molar-refractivity contribution in [3.05, 3.63) is 64.7 Å². The molecule has 2 aromatic rings. The van der Waals surface area contributed by atoms with Gasteiger partial charge in [0.1, 0.15) is 0 Å². The van der Waals surface area contributed by atoms with Crippen LogP contribution in [0.4, 0.5) is 0 Å². The maximum absolute atomic E-state index is 5.61. The number of benzene rings is 2. The second-order valence-corrected chi connectivity index (χ2v) is 6.14. The summed E-state index contributed by atoms with van der Waals surface area (Å²) in [6.45, 7) is 0.621. The fraction of sp³-hybridized carbons (Fsp3) is 0.294. The lowest BCUT2D eigenvalue weighted by Gasteiger charge is -2.06. The molecule has 3 rings (SSSR count). The number of nitrogens with two attached hydrogens (primary N) is 1. The molecule has 0 bridgehead atoms. The van der Waals surface area contributed by atoms with Gasteiger partial charge in [0, 0.05) is 17.2 Å². The van der Waals surface area contributed by atoms with Crippen LogP contribution < -0.4 is 5.73 Å². The molecular formula is C17H19NS. The topological polar surface area (TPSA) is 26.0 Å². The quantitative estimate of drug-likeness (QED) is 0.851. The van der Waals surface area contributed by atoms with E-state index in [-0.39, 0.29) is 0 Å². The molecule has 1 aliphatic rings. The average Bonchev–Trinajstić information content (AvgIpc) is 2.93. The van der Waals surface area contributed by atoms with Crippen molar-refractivity contribution in [1.29, 1.82) is 0 Å². The minimum atomic E-state index is 0.621. The van der Waals surface area contributed by atoms with E-state index in [9.17, 15) is 0 Å². The second-order valence-electron chi connectivity index (χ2n) is 5.09. The third-order valence-electron chi connectivity index (χ3n) is 3.73. The van der Waals surface area contributed by atoms with Crippen LogP contribution in [0, 0.1) is 0 Å². The SMILES string of the molecule is NCc1ccc(SCc2ccc3c(c2)CCC3)cc1.